The van der Waals surface area contributed by atoms with Crippen LogP contribution >= 0.6 is 0 Å². The number of H-pyrrole nitrogens is 1. The molecular formula is C22H18N2O3S. The third kappa shape index (κ3) is 3.12. The van der Waals surface area contributed by atoms with Crippen LogP contribution in [0.5, 0.6) is 0 Å². The number of ketones is 1. The summed E-state index contributed by atoms with van der Waals surface area (Å²) >= 11 is 0. The molecule has 1 N–H and O–H groups in total. The van der Waals surface area contributed by atoms with Crippen LogP contribution in [0, 0.1) is 6.92 Å². The van der Waals surface area contributed by atoms with Gasteiger partial charge in [0.15, 0.2) is 15.6 Å². The number of fused-ring (bicyclic) bond motifs is 1. The molecule has 0 amide bonds. The van der Waals surface area contributed by atoms with Gasteiger partial charge < -0.3 is 4.98 Å². The minimum absolute atomic E-state index is 0.0992. The second-order valence-electron chi connectivity index (χ2n) is 6.73. The van der Waals surface area contributed by atoms with Crippen LogP contribution in [0.3, 0.4) is 0 Å². The van der Waals surface area contributed by atoms with Crippen molar-refractivity contribution in [2.24, 2.45) is 0 Å². The predicted octanol–water partition coefficient (Wildman–Crippen LogP) is 4.17. The highest BCUT2D eigenvalue weighted by Gasteiger charge is 2.20. The average Bonchev–Trinajstić information content (AvgIpc) is 3.11. The van der Waals surface area contributed by atoms with Gasteiger partial charge >= 0.3 is 0 Å². The zero-order chi connectivity index (χ0) is 19.9. The van der Waals surface area contributed by atoms with Gasteiger partial charge in [0.2, 0.25) is 0 Å². The molecule has 6 heteroatoms. The fourth-order valence-electron chi connectivity index (χ4n) is 3.34. The maximum absolute atomic E-state index is 13.2. The van der Waals surface area contributed by atoms with Crippen molar-refractivity contribution in [3.05, 3.63) is 83.7 Å². The van der Waals surface area contributed by atoms with E-state index in [1.807, 2.05) is 31.2 Å². The molecule has 0 bridgehead atoms. The smallest absolute Gasteiger partial charge is 0.195 e. The van der Waals surface area contributed by atoms with E-state index in [0.717, 1.165) is 11.1 Å². The number of aromatic nitrogens is 2. The van der Waals surface area contributed by atoms with Crippen LogP contribution < -0.4 is 0 Å². The monoisotopic (exact) mass is 390 g/mol. The van der Waals surface area contributed by atoms with E-state index in [9.17, 15) is 13.2 Å². The Morgan fingerprint density at radius 1 is 1.00 bits per heavy atom. The minimum atomic E-state index is -3.34. The van der Waals surface area contributed by atoms with Crippen molar-refractivity contribution in [1.82, 2.24) is 9.97 Å². The van der Waals surface area contributed by atoms with Crippen LogP contribution in [0.15, 0.2) is 71.9 Å². The third-order valence-electron chi connectivity index (χ3n) is 4.78. The number of hydrogen-bond acceptors (Lipinski definition) is 4. The van der Waals surface area contributed by atoms with E-state index in [1.54, 1.807) is 42.7 Å². The molecule has 0 saturated carbocycles. The molecule has 0 radical (unpaired) electrons. The molecule has 2 aromatic carbocycles. The number of sulfone groups is 1. The van der Waals surface area contributed by atoms with Gasteiger partial charge in [-0.05, 0) is 41.8 Å². The van der Waals surface area contributed by atoms with Crippen molar-refractivity contribution in [1.29, 1.82) is 0 Å². The highest BCUT2D eigenvalue weighted by atomic mass is 32.2. The Kier molecular flexibility index (Phi) is 4.35. The van der Waals surface area contributed by atoms with Gasteiger partial charge in [0.05, 0.1) is 10.5 Å². The number of rotatable bonds is 4. The SMILES string of the molecule is Cc1ccccc1C(=O)c1c[nH]c2nccc(-c3cccc(S(C)(=O)=O)c3)c12. The summed E-state index contributed by atoms with van der Waals surface area (Å²) in [6.07, 6.45) is 4.48. The van der Waals surface area contributed by atoms with Crippen LogP contribution in [0.4, 0.5) is 0 Å². The van der Waals surface area contributed by atoms with Gasteiger partial charge in [-0.15, -0.1) is 0 Å². The number of carbonyl (C=O) groups excluding carboxylic acids is 1. The second-order valence-corrected chi connectivity index (χ2v) is 8.74. The number of nitrogens with one attached hydrogen (secondary N) is 1. The Morgan fingerprint density at radius 3 is 2.54 bits per heavy atom. The molecule has 4 rings (SSSR count). The molecule has 5 nitrogen and oxygen atoms in total. The summed E-state index contributed by atoms with van der Waals surface area (Å²) in [4.78, 5) is 20.8. The zero-order valence-electron chi connectivity index (χ0n) is 15.4. The van der Waals surface area contributed by atoms with E-state index >= 15 is 0 Å². The van der Waals surface area contributed by atoms with E-state index in [1.165, 1.54) is 6.26 Å². The second kappa shape index (κ2) is 6.73. The number of aryl methyl sites for hydroxylation is 1. The van der Waals surface area contributed by atoms with Crippen molar-refractivity contribution in [3.8, 4) is 11.1 Å². The van der Waals surface area contributed by atoms with Gasteiger partial charge in [-0.3, -0.25) is 4.79 Å². The highest BCUT2D eigenvalue weighted by molar-refractivity contribution is 7.90. The van der Waals surface area contributed by atoms with Crippen molar-refractivity contribution in [3.63, 3.8) is 0 Å². The van der Waals surface area contributed by atoms with Crippen molar-refractivity contribution < 1.29 is 13.2 Å². The quantitative estimate of drug-likeness (QED) is 0.530. The number of benzene rings is 2. The first-order valence-electron chi connectivity index (χ1n) is 8.73. The maximum Gasteiger partial charge on any atom is 0.195 e. The first-order chi connectivity index (χ1) is 13.4. The van der Waals surface area contributed by atoms with Crippen molar-refractivity contribution >= 4 is 26.7 Å². The Morgan fingerprint density at radius 2 is 1.79 bits per heavy atom. The molecule has 0 saturated heterocycles. The summed E-state index contributed by atoms with van der Waals surface area (Å²) in [5.41, 5.74) is 4.09. The largest absolute Gasteiger partial charge is 0.345 e. The van der Waals surface area contributed by atoms with Crippen LogP contribution in [0.1, 0.15) is 21.5 Å². The van der Waals surface area contributed by atoms with Gasteiger partial charge in [0, 0.05) is 29.6 Å². The molecular weight excluding hydrogens is 372 g/mol. The number of nitrogens with zero attached hydrogens (tertiary/aromatic N) is 1. The molecule has 0 atom stereocenters. The summed E-state index contributed by atoms with van der Waals surface area (Å²) in [5.74, 6) is -0.0992. The molecule has 2 heterocycles. The zero-order valence-corrected chi connectivity index (χ0v) is 16.2. The normalized spacial score (nSPS) is 11.6. The summed E-state index contributed by atoms with van der Waals surface area (Å²) in [7, 11) is -3.34. The lowest BCUT2D eigenvalue weighted by molar-refractivity contribution is 0.103. The summed E-state index contributed by atoms with van der Waals surface area (Å²) in [5, 5.41) is 0.682. The minimum Gasteiger partial charge on any atom is -0.345 e. The molecule has 140 valence electrons. The average molecular weight is 390 g/mol. The van der Waals surface area contributed by atoms with Crippen LogP contribution in [-0.4, -0.2) is 30.4 Å². The topological polar surface area (TPSA) is 79.9 Å². The third-order valence-corrected chi connectivity index (χ3v) is 5.89. The van der Waals surface area contributed by atoms with Crippen LogP contribution in [0.2, 0.25) is 0 Å². The Bertz CT molecular complexity index is 1320. The molecule has 0 fully saturated rings. The molecule has 4 aromatic rings. The van der Waals surface area contributed by atoms with E-state index in [2.05, 4.69) is 9.97 Å². The Labute approximate surface area is 163 Å². The van der Waals surface area contributed by atoms with E-state index in [4.69, 9.17) is 0 Å². The lowest BCUT2D eigenvalue weighted by Gasteiger charge is -2.08. The van der Waals surface area contributed by atoms with Gasteiger partial charge in [-0.1, -0.05) is 36.4 Å². The summed E-state index contributed by atoms with van der Waals surface area (Å²) in [6, 6.07) is 16.0. The summed E-state index contributed by atoms with van der Waals surface area (Å²) in [6.45, 7) is 1.90. The van der Waals surface area contributed by atoms with Crippen molar-refractivity contribution in [2.45, 2.75) is 11.8 Å². The van der Waals surface area contributed by atoms with E-state index in [-0.39, 0.29) is 10.7 Å². The molecule has 0 aliphatic rings. The maximum atomic E-state index is 13.2. The lowest BCUT2D eigenvalue weighted by atomic mass is 9.95. The predicted molar refractivity (Wildman–Crippen MR) is 109 cm³/mol. The lowest BCUT2D eigenvalue weighted by Crippen LogP contribution is -2.03. The molecule has 0 aliphatic carbocycles. The molecule has 0 aliphatic heterocycles. The van der Waals surface area contributed by atoms with Gasteiger partial charge in [0.25, 0.3) is 0 Å². The number of carbonyl (C=O) groups is 1. The molecule has 28 heavy (non-hydrogen) atoms. The molecule has 0 unspecified atom stereocenters. The van der Waals surface area contributed by atoms with E-state index in [0.29, 0.717) is 27.7 Å². The number of hydrogen-bond donors (Lipinski definition) is 1. The highest BCUT2D eigenvalue weighted by Crippen LogP contribution is 2.32. The standard InChI is InChI=1S/C22H18N2O3S/c1-14-6-3-4-9-17(14)21(25)19-13-24-22-20(19)18(10-11-23-22)15-7-5-8-16(12-15)28(2,26)27/h3-13H,1-2H3,(H,23,24). The van der Waals surface area contributed by atoms with Crippen LogP contribution in [0.25, 0.3) is 22.2 Å². The van der Waals surface area contributed by atoms with E-state index < -0.39 is 9.84 Å². The number of pyridine rings is 1. The Balaban J connectivity index is 1.94. The fraction of sp³-hybridized carbons (Fsp3) is 0.0909. The fourth-order valence-corrected chi connectivity index (χ4v) is 4.01. The first kappa shape index (κ1) is 18.1. The first-order valence-corrected chi connectivity index (χ1v) is 10.6. The molecule has 2 aromatic heterocycles. The summed E-state index contributed by atoms with van der Waals surface area (Å²) < 4.78 is 23.9. The molecule has 0 spiro atoms. The van der Waals surface area contributed by atoms with Gasteiger partial charge in [-0.25, -0.2) is 13.4 Å². The van der Waals surface area contributed by atoms with Crippen LogP contribution in [-0.2, 0) is 9.84 Å². The number of aromatic amines is 1. The van der Waals surface area contributed by atoms with Gasteiger partial charge in [0.1, 0.15) is 5.65 Å². The van der Waals surface area contributed by atoms with Crippen molar-refractivity contribution in [2.75, 3.05) is 6.26 Å². The van der Waals surface area contributed by atoms with Gasteiger partial charge in [-0.2, -0.15) is 0 Å². The Hall–Kier alpha value is -3.25.